The average molecular weight is 122 g/mol. The zero-order chi connectivity index (χ0) is 4.41. The first-order valence-electron chi connectivity index (χ1n) is 1.65. The highest BCUT2D eigenvalue weighted by Crippen LogP contribution is 1.54. The van der Waals surface area contributed by atoms with E-state index in [4.69, 9.17) is 0 Å². The minimum Gasteiger partial charge on any atom is -0.0920 e. The van der Waals surface area contributed by atoms with Crippen LogP contribution in [0, 0.1) is 0 Å². The molecule has 0 aliphatic carbocycles. The zero-order valence-corrected chi connectivity index (χ0v) is 6.15. The van der Waals surface area contributed by atoms with Crippen molar-refractivity contribution in [3.63, 3.8) is 0 Å². The predicted molar refractivity (Wildman–Crippen MR) is 34.4 cm³/mol. The molecular formula is C3H2Si3. The first kappa shape index (κ1) is 4.42. The molecule has 3 heteroatoms. The van der Waals surface area contributed by atoms with Gasteiger partial charge in [0.05, 0.1) is 0 Å². The van der Waals surface area contributed by atoms with E-state index in [-0.39, 0.29) is 0 Å². The van der Waals surface area contributed by atoms with Gasteiger partial charge in [-0.1, -0.05) is 15.8 Å². The molecule has 26 valence electrons. The maximum atomic E-state index is 3.43. The van der Waals surface area contributed by atoms with Gasteiger partial charge in [0, 0.05) is 28.1 Å². The van der Waals surface area contributed by atoms with E-state index in [1.807, 2.05) is 0 Å². The highest BCUT2D eigenvalue weighted by Gasteiger charge is 1.83. The Morgan fingerprint density at radius 1 is 1.67 bits per heavy atom. The Morgan fingerprint density at radius 2 is 2.50 bits per heavy atom. The summed E-state index contributed by atoms with van der Waals surface area (Å²) in [5.74, 6) is 0. The van der Waals surface area contributed by atoms with E-state index in [0.717, 1.165) is 18.3 Å². The molecule has 0 N–H and O–H groups in total. The average Bonchev–Trinajstić information content (AvgIpc) is 1.86. The molecule has 0 fully saturated rings. The lowest BCUT2D eigenvalue weighted by Crippen LogP contribution is -1.97. The van der Waals surface area contributed by atoms with Crippen LogP contribution in [0.2, 0.25) is 0 Å². The molecular weight excluding hydrogens is 120 g/mol. The van der Waals surface area contributed by atoms with Crippen molar-refractivity contribution < 1.29 is 0 Å². The van der Waals surface area contributed by atoms with Crippen molar-refractivity contribution in [2.24, 2.45) is 0 Å². The Kier molecular flexibility index (Phi) is 1.33. The molecule has 0 aromatic rings. The Hall–Kier alpha value is 0.261. The molecule has 0 bridgehead atoms. The quantitative estimate of drug-likeness (QED) is 0.335. The molecule has 0 spiro atoms. The van der Waals surface area contributed by atoms with Crippen LogP contribution in [-0.4, -0.2) is 43.9 Å². The molecule has 0 atom stereocenters. The van der Waals surface area contributed by atoms with Crippen LogP contribution in [0.25, 0.3) is 0 Å². The van der Waals surface area contributed by atoms with Crippen molar-refractivity contribution >= 4 is 43.9 Å². The lowest BCUT2D eigenvalue weighted by molar-refractivity contribution is 3.53. The van der Waals surface area contributed by atoms with Crippen molar-refractivity contribution in [3.8, 4) is 0 Å². The Balaban J connectivity index is 2.86. The molecule has 4 radical (unpaired) electrons. The van der Waals surface area contributed by atoms with E-state index in [1.165, 1.54) is 4.79 Å². The second kappa shape index (κ2) is 1.81. The van der Waals surface area contributed by atoms with Crippen LogP contribution in [0.4, 0.5) is 0 Å². The summed E-state index contributed by atoms with van der Waals surface area (Å²) in [4.78, 5) is 1.37. The summed E-state index contributed by atoms with van der Waals surface area (Å²) in [5, 5.41) is 2.29. The van der Waals surface area contributed by atoms with Crippen LogP contribution in [0.3, 0.4) is 0 Å². The van der Waals surface area contributed by atoms with E-state index in [2.05, 4.69) is 20.8 Å². The van der Waals surface area contributed by atoms with Crippen LogP contribution in [0.5, 0.6) is 0 Å². The summed E-state index contributed by atoms with van der Waals surface area (Å²) in [6, 6.07) is 0. The van der Waals surface area contributed by atoms with Crippen molar-refractivity contribution in [1.82, 2.24) is 0 Å². The molecule has 0 saturated carbocycles. The van der Waals surface area contributed by atoms with E-state index >= 15 is 0 Å². The molecule has 0 saturated heterocycles. The lowest BCUT2D eigenvalue weighted by atomic mass is 11.0. The Morgan fingerprint density at radius 3 is 2.67 bits per heavy atom. The maximum Gasteiger partial charge on any atom is 0.0481 e. The molecule has 0 unspecified atom stereocenters. The third-order valence-corrected chi connectivity index (χ3v) is 3.85. The molecule has 0 aromatic heterocycles. The molecule has 1 heterocycles. The second-order valence-corrected chi connectivity index (χ2v) is 4.66. The summed E-state index contributed by atoms with van der Waals surface area (Å²) in [6.45, 7) is 0. The van der Waals surface area contributed by atoms with E-state index < -0.39 is 0 Å². The van der Waals surface area contributed by atoms with Crippen LogP contribution in [-0.2, 0) is 0 Å². The molecule has 1 aliphatic heterocycles. The van der Waals surface area contributed by atoms with Gasteiger partial charge in [-0.25, -0.2) is 0 Å². The van der Waals surface area contributed by atoms with Crippen LogP contribution >= 0.6 is 0 Å². The van der Waals surface area contributed by atoms with Gasteiger partial charge in [0.15, 0.2) is 0 Å². The Bertz CT molecular complexity index is 108. The monoisotopic (exact) mass is 122 g/mol. The smallest absolute Gasteiger partial charge is 0.0481 e. The highest BCUT2D eigenvalue weighted by atomic mass is 28.2. The third kappa shape index (κ3) is 0.859. The minimum absolute atomic E-state index is 0.944. The Labute approximate surface area is 44.5 Å². The zero-order valence-electron chi connectivity index (χ0n) is 3.15. The molecule has 0 nitrogen and oxygen atoms in total. The lowest BCUT2D eigenvalue weighted by Gasteiger charge is -1.69. The normalized spacial score (nSPS) is 17.0. The van der Waals surface area contributed by atoms with Crippen LogP contribution < -0.4 is 0 Å². The van der Waals surface area contributed by atoms with Crippen LogP contribution in [0.15, 0.2) is 0 Å². The van der Waals surface area contributed by atoms with Gasteiger partial charge in [0.2, 0.25) is 0 Å². The van der Waals surface area contributed by atoms with Crippen molar-refractivity contribution in [3.05, 3.63) is 0 Å². The van der Waals surface area contributed by atoms with Gasteiger partial charge in [-0.15, -0.1) is 0 Å². The van der Waals surface area contributed by atoms with Crippen molar-refractivity contribution in [2.75, 3.05) is 0 Å². The van der Waals surface area contributed by atoms with Gasteiger partial charge in [-0.3, -0.25) is 0 Å². The topological polar surface area (TPSA) is 0 Å². The van der Waals surface area contributed by atoms with Gasteiger partial charge in [0.25, 0.3) is 0 Å². The molecule has 0 amide bonds. The second-order valence-electron chi connectivity index (χ2n) is 1.01. The number of hydrogen-bond donors (Lipinski definition) is 0. The number of rotatable bonds is 0. The van der Waals surface area contributed by atoms with E-state index in [1.54, 1.807) is 0 Å². The fourth-order valence-corrected chi connectivity index (χ4v) is 3.22. The summed E-state index contributed by atoms with van der Waals surface area (Å²) in [6.07, 6.45) is 0. The number of hydrogen-bond acceptors (Lipinski definition) is 0. The molecule has 1 aliphatic rings. The highest BCUT2D eigenvalue weighted by molar-refractivity contribution is 7.19. The van der Waals surface area contributed by atoms with Gasteiger partial charge in [-0.2, -0.15) is 0 Å². The largest absolute Gasteiger partial charge is 0.0920 e. The standard InChI is InChI=1S/C3H2Si3/c4-3-1-5-2-6-3/h1-2H. The molecule has 1 rings (SSSR count). The SMILES string of the molecule is [Si]=C1C=[Si]C=[Si]1. The predicted octanol–water partition coefficient (Wildman–Crippen LogP) is -1.73. The summed E-state index contributed by atoms with van der Waals surface area (Å²) >= 11 is 0. The fourth-order valence-electron chi connectivity index (χ4n) is 0.286. The van der Waals surface area contributed by atoms with Gasteiger partial charge in [0.1, 0.15) is 0 Å². The molecule has 0 aromatic carbocycles. The van der Waals surface area contributed by atoms with Gasteiger partial charge >= 0.3 is 0 Å². The first-order chi connectivity index (χ1) is 2.89. The van der Waals surface area contributed by atoms with E-state index in [0.29, 0.717) is 0 Å². The fraction of sp³-hybridized carbons (Fsp3) is 0. The van der Waals surface area contributed by atoms with E-state index in [9.17, 15) is 0 Å². The summed E-state index contributed by atoms with van der Waals surface area (Å²) in [5.41, 5.74) is 2.22. The van der Waals surface area contributed by atoms with Gasteiger partial charge in [-0.05, 0) is 0 Å². The summed E-state index contributed by atoms with van der Waals surface area (Å²) < 4.78 is 0. The van der Waals surface area contributed by atoms with Crippen molar-refractivity contribution in [1.29, 1.82) is 0 Å². The van der Waals surface area contributed by atoms with Crippen LogP contribution in [0.1, 0.15) is 0 Å². The van der Waals surface area contributed by atoms with Gasteiger partial charge < -0.3 is 0 Å². The molecule has 6 heavy (non-hydrogen) atoms. The summed E-state index contributed by atoms with van der Waals surface area (Å²) in [7, 11) is 5.34. The minimum atomic E-state index is 0.944. The third-order valence-electron chi connectivity index (χ3n) is 0.539. The van der Waals surface area contributed by atoms with Crippen molar-refractivity contribution in [2.45, 2.75) is 0 Å². The maximum absolute atomic E-state index is 3.43. The first-order valence-corrected chi connectivity index (χ1v) is 4.39.